The highest BCUT2D eigenvalue weighted by Gasteiger charge is 2.28. The Morgan fingerprint density at radius 2 is 2.30 bits per heavy atom. The van der Waals surface area contributed by atoms with E-state index in [-0.39, 0.29) is 5.76 Å². The van der Waals surface area contributed by atoms with E-state index in [1.54, 1.807) is 23.9 Å². The smallest absolute Gasteiger partial charge is 0.373 e. The predicted molar refractivity (Wildman–Crippen MR) is 72.6 cm³/mol. The van der Waals surface area contributed by atoms with Gasteiger partial charge in [0.05, 0.1) is 12.9 Å². The monoisotopic (exact) mass is 293 g/mol. The summed E-state index contributed by atoms with van der Waals surface area (Å²) >= 11 is 1.57. The first-order valence-corrected chi connectivity index (χ1v) is 7.39. The lowest BCUT2D eigenvalue weighted by Crippen LogP contribution is -1.99. The largest absolute Gasteiger partial charge is 0.463 e. The van der Waals surface area contributed by atoms with Crippen molar-refractivity contribution < 1.29 is 13.9 Å². The van der Waals surface area contributed by atoms with Crippen molar-refractivity contribution >= 4 is 17.7 Å². The van der Waals surface area contributed by atoms with Crippen molar-refractivity contribution in [3.63, 3.8) is 0 Å². The summed E-state index contributed by atoms with van der Waals surface area (Å²) in [6.45, 7) is 1.97. The highest BCUT2D eigenvalue weighted by Crippen LogP contribution is 2.39. The van der Waals surface area contributed by atoms with E-state index in [1.165, 1.54) is 20.0 Å². The van der Waals surface area contributed by atoms with Crippen molar-refractivity contribution in [1.29, 1.82) is 0 Å². The third kappa shape index (κ3) is 2.58. The maximum atomic E-state index is 11.3. The van der Waals surface area contributed by atoms with Crippen molar-refractivity contribution in [1.82, 2.24) is 14.8 Å². The molecule has 0 radical (unpaired) electrons. The molecule has 2 aromatic heterocycles. The Balaban J connectivity index is 1.67. The SMILES string of the molecule is COC(=O)c1ccc(CSc2nnc(C)n2C2CC2)o1. The number of ether oxygens (including phenoxy) is 1. The fourth-order valence-corrected chi connectivity index (χ4v) is 2.95. The van der Waals surface area contributed by atoms with Crippen LogP contribution in [0.15, 0.2) is 21.7 Å². The first kappa shape index (κ1) is 13.2. The van der Waals surface area contributed by atoms with Gasteiger partial charge in [0.25, 0.3) is 0 Å². The molecule has 20 heavy (non-hydrogen) atoms. The molecule has 0 aromatic carbocycles. The molecular weight excluding hydrogens is 278 g/mol. The van der Waals surface area contributed by atoms with E-state index >= 15 is 0 Å². The molecule has 7 heteroatoms. The maximum Gasteiger partial charge on any atom is 0.373 e. The summed E-state index contributed by atoms with van der Waals surface area (Å²) in [5.74, 6) is 2.05. The minimum atomic E-state index is -0.460. The van der Waals surface area contributed by atoms with Gasteiger partial charge in [-0.25, -0.2) is 4.79 Å². The van der Waals surface area contributed by atoms with E-state index in [1.807, 2.05) is 6.92 Å². The number of thioether (sulfide) groups is 1. The molecule has 1 aliphatic carbocycles. The van der Waals surface area contributed by atoms with Crippen LogP contribution in [0.25, 0.3) is 0 Å². The van der Waals surface area contributed by atoms with Crippen LogP contribution in [0.4, 0.5) is 0 Å². The molecule has 0 atom stereocenters. The first-order valence-electron chi connectivity index (χ1n) is 6.40. The number of aromatic nitrogens is 3. The summed E-state index contributed by atoms with van der Waals surface area (Å²) in [6, 6.07) is 3.96. The van der Waals surface area contributed by atoms with Crippen LogP contribution >= 0.6 is 11.8 Å². The minimum Gasteiger partial charge on any atom is -0.463 e. The third-order valence-electron chi connectivity index (χ3n) is 3.14. The van der Waals surface area contributed by atoms with Crippen LogP contribution in [0.3, 0.4) is 0 Å². The van der Waals surface area contributed by atoms with Crippen LogP contribution in [-0.2, 0) is 10.5 Å². The van der Waals surface area contributed by atoms with Gasteiger partial charge in [-0.3, -0.25) is 0 Å². The van der Waals surface area contributed by atoms with Gasteiger partial charge >= 0.3 is 5.97 Å². The zero-order chi connectivity index (χ0) is 14.1. The average molecular weight is 293 g/mol. The van der Waals surface area contributed by atoms with Crippen LogP contribution in [0.2, 0.25) is 0 Å². The molecule has 2 aromatic rings. The number of hydrogen-bond donors (Lipinski definition) is 0. The van der Waals surface area contributed by atoms with E-state index in [9.17, 15) is 4.79 Å². The molecule has 0 unspecified atom stereocenters. The van der Waals surface area contributed by atoms with Crippen LogP contribution in [0.5, 0.6) is 0 Å². The van der Waals surface area contributed by atoms with Crippen molar-refractivity contribution in [2.24, 2.45) is 0 Å². The molecule has 0 saturated heterocycles. The number of esters is 1. The lowest BCUT2D eigenvalue weighted by atomic mass is 10.4. The summed E-state index contributed by atoms with van der Waals surface area (Å²) < 4.78 is 12.2. The van der Waals surface area contributed by atoms with E-state index in [2.05, 4.69) is 19.5 Å². The maximum absolute atomic E-state index is 11.3. The first-order chi connectivity index (χ1) is 9.69. The Bertz CT molecular complexity index is 631. The molecule has 0 bridgehead atoms. The Labute approximate surface area is 120 Å². The van der Waals surface area contributed by atoms with E-state index < -0.39 is 5.97 Å². The van der Waals surface area contributed by atoms with Crippen LogP contribution in [0.1, 0.15) is 41.0 Å². The Morgan fingerprint density at radius 1 is 1.50 bits per heavy atom. The van der Waals surface area contributed by atoms with Crippen molar-refractivity contribution in [2.45, 2.75) is 36.7 Å². The number of rotatable bonds is 5. The zero-order valence-corrected chi connectivity index (χ0v) is 12.1. The van der Waals surface area contributed by atoms with Gasteiger partial charge in [-0.1, -0.05) is 11.8 Å². The standard InChI is InChI=1S/C13H15N3O3S/c1-8-14-15-13(16(8)9-3-4-9)20-7-10-5-6-11(19-10)12(17)18-2/h5-6,9H,3-4,7H2,1-2H3. The van der Waals surface area contributed by atoms with Gasteiger partial charge in [0, 0.05) is 6.04 Å². The quantitative estimate of drug-likeness (QED) is 0.623. The molecule has 2 heterocycles. The number of furan rings is 1. The minimum absolute atomic E-state index is 0.225. The van der Waals surface area contributed by atoms with E-state index in [0.29, 0.717) is 11.8 Å². The second kappa shape index (κ2) is 5.32. The number of aryl methyl sites for hydroxylation is 1. The third-order valence-corrected chi connectivity index (χ3v) is 4.10. The summed E-state index contributed by atoms with van der Waals surface area (Å²) in [6.07, 6.45) is 2.39. The van der Waals surface area contributed by atoms with Crippen molar-refractivity contribution in [2.75, 3.05) is 7.11 Å². The van der Waals surface area contributed by atoms with Gasteiger partial charge in [0.1, 0.15) is 11.6 Å². The molecule has 3 rings (SSSR count). The van der Waals surface area contributed by atoms with Gasteiger partial charge in [-0.2, -0.15) is 0 Å². The average Bonchev–Trinajstić information content (AvgIpc) is 3.05. The number of methoxy groups -OCH3 is 1. The summed E-state index contributed by atoms with van der Waals surface area (Å²) in [5, 5.41) is 9.22. The summed E-state index contributed by atoms with van der Waals surface area (Å²) in [4.78, 5) is 11.3. The number of hydrogen-bond acceptors (Lipinski definition) is 6. The highest BCUT2D eigenvalue weighted by molar-refractivity contribution is 7.98. The summed E-state index contributed by atoms with van der Waals surface area (Å²) in [7, 11) is 1.33. The second-order valence-electron chi connectivity index (χ2n) is 4.68. The van der Waals surface area contributed by atoms with Gasteiger partial charge < -0.3 is 13.7 Å². The van der Waals surface area contributed by atoms with Crippen LogP contribution in [-0.4, -0.2) is 27.8 Å². The molecular formula is C13H15N3O3S. The molecule has 0 N–H and O–H groups in total. The second-order valence-corrected chi connectivity index (χ2v) is 5.62. The van der Waals surface area contributed by atoms with E-state index in [4.69, 9.17) is 4.42 Å². The number of carbonyl (C=O) groups is 1. The highest BCUT2D eigenvalue weighted by atomic mass is 32.2. The molecule has 0 amide bonds. The Hall–Kier alpha value is -1.76. The van der Waals surface area contributed by atoms with Crippen molar-refractivity contribution in [3.05, 3.63) is 29.5 Å². The van der Waals surface area contributed by atoms with Crippen molar-refractivity contribution in [3.8, 4) is 0 Å². The van der Waals surface area contributed by atoms with Gasteiger partial charge in [0.2, 0.25) is 5.76 Å². The number of carbonyl (C=O) groups excluding carboxylic acids is 1. The summed E-state index contributed by atoms with van der Waals surface area (Å²) in [5.41, 5.74) is 0. The van der Waals surface area contributed by atoms with Gasteiger partial charge in [-0.05, 0) is 31.9 Å². The predicted octanol–water partition coefficient (Wildman–Crippen LogP) is 2.59. The van der Waals surface area contributed by atoms with Crippen LogP contribution < -0.4 is 0 Å². The molecule has 1 fully saturated rings. The van der Waals surface area contributed by atoms with Crippen LogP contribution in [0, 0.1) is 6.92 Å². The lowest BCUT2D eigenvalue weighted by Gasteiger charge is -2.05. The topological polar surface area (TPSA) is 70.2 Å². The van der Waals surface area contributed by atoms with E-state index in [0.717, 1.165) is 16.7 Å². The van der Waals surface area contributed by atoms with Gasteiger partial charge in [-0.15, -0.1) is 10.2 Å². The molecule has 1 aliphatic rings. The molecule has 6 nitrogen and oxygen atoms in total. The molecule has 0 spiro atoms. The normalized spacial score (nSPS) is 14.5. The van der Waals surface area contributed by atoms with Gasteiger partial charge in [0.15, 0.2) is 5.16 Å². The molecule has 0 aliphatic heterocycles. The fourth-order valence-electron chi connectivity index (χ4n) is 2.00. The number of nitrogens with zero attached hydrogens (tertiary/aromatic N) is 3. The zero-order valence-electron chi connectivity index (χ0n) is 11.3. The Kier molecular flexibility index (Phi) is 3.52. The fraction of sp³-hybridized carbons (Fsp3) is 0.462. The molecule has 1 saturated carbocycles. The Morgan fingerprint density at radius 3 is 3.00 bits per heavy atom. The molecule has 106 valence electrons. The lowest BCUT2D eigenvalue weighted by molar-refractivity contribution is 0.0563.